The lowest BCUT2D eigenvalue weighted by Gasteiger charge is -2.32. The van der Waals surface area contributed by atoms with Crippen LogP contribution in [0, 0.1) is 19.8 Å². The molecule has 0 bridgehead atoms. The first-order valence-corrected chi connectivity index (χ1v) is 9.63. The minimum absolute atomic E-state index is 0.0924. The van der Waals surface area contributed by atoms with Crippen molar-refractivity contribution >= 4 is 12.1 Å². The Balaban J connectivity index is 2.00. The van der Waals surface area contributed by atoms with Gasteiger partial charge in [-0.15, -0.1) is 0 Å². The number of aldehydes is 1. The maximum absolute atomic E-state index is 11.3. The fraction of sp³-hybridized carbons (Fsp3) is 0.700. The summed E-state index contributed by atoms with van der Waals surface area (Å²) in [6, 6.07) is 2.70. The van der Waals surface area contributed by atoms with Crippen LogP contribution in [0.1, 0.15) is 67.1 Å². The number of hydrogen-bond donors (Lipinski definition) is 3. The summed E-state index contributed by atoms with van der Waals surface area (Å²) < 4.78 is 0. The van der Waals surface area contributed by atoms with E-state index in [0.29, 0.717) is 24.0 Å². The Morgan fingerprint density at radius 2 is 2.04 bits per heavy atom. The van der Waals surface area contributed by atoms with E-state index in [1.807, 2.05) is 19.9 Å². The Labute approximate surface area is 151 Å². The van der Waals surface area contributed by atoms with Crippen molar-refractivity contribution in [3.63, 3.8) is 0 Å². The number of nitrogens with zero attached hydrogens (tertiary/aromatic N) is 1. The van der Waals surface area contributed by atoms with Crippen molar-refractivity contribution in [3.8, 4) is 0 Å². The summed E-state index contributed by atoms with van der Waals surface area (Å²) in [5, 5.41) is 16.9. The third-order valence-corrected chi connectivity index (χ3v) is 5.45. The number of pyridine rings is 1. The van der Waals surface area contributed by atoms with E-state index < -0.39 is 0 Å². The Kier molecular flexibility index (Phi) is 7.85. The van der Waals surface area contributed by atoms with Crippen LogP contribution in [0.15, 0.2) is 6.07 Å². The van der Waals surface area contributed by atoms with Gasteiger partial charge in [-0.25, -0.2) is 4.98 Å². The molecular formula is C20H33N3O2. The van der Waals surface area contributed by atoms with Gasteiger partial charge in [-0.1, -0.05) is 26.2 Å². The zero-order valence-corrected chi connectivity index (χ0v) is 15.8. The molecule has 3 N–H and O–H groups in total. The predicted octanol–water partition coefficient (Wildman–Crippen LogP) is 3.23. The number of carbonyl (C=O) groups excluding carboxylic acids is 1. The van der Waals surface area contributed by atoms with E-state index in [0.717, 1.165) is 24.0 Å². The highest BCUT2D eigenvalue weighted by atomic mass is 16.3. The largest absolute Gasteiger partial charge is 0.396 e. The number of hydrogen-bond acceptors (Lipinski definition) is 5. The molecule has 1 saturated carbocycles. The van der Waals surface area contributed by atoms with Crippen LogP contribution in [-0.4, -0.2) is 41.6 Å². The topological polar surface area (TPSA) is 74.2 Å². The summed E-state index contributed by atoms with van der Waals surface area (Å²) in [5.74, 6) is 0.707. The van der Waals surface area contributed by atoms with Crippen molar-refractivity contribution < 1.29 is 9.90 Å². The van der Waals surface area contributed by atoms with Gasteiger partial charge in [-0.05, 0) is 44.7 Å². The number of aryl methyl sites for hydroxylation is 2. The second-order valence-corrected chi connectivity index (χ2v) is 7.29. The Morgan fingerprint density at radius 3 is 2.64 bits per heavy atom. The van der Waals surface area contributed by atoms with Crippen molar-refractivity contribution in [2.45, 2.75) is 71.4 Å². The fourth-order valence-electron chi connectivity index (χ4n) is 3.68. The summed E-state index contributed by atoms with van der Waals surface area (Å²) >= 11 is 0. The zero-order valence-electron chi connectivity index (χ0n) is 15.8. The maximum Gasteiger partial charge on any atom is 0.153 e. The molecule has 1 aromatic heterocycles. The van der Waals surface area contributed by atoms with Gasteiger partial charge in [0.15, 0.2) is 6.29 Å². The normalized spacial score (nSPS) is 17.9. The lowest BCUT2D eigenvalue weighted by atomic mass is 9.91. The quantitative estimate of drug-likeness (QED) is 0.598. The van der Waals surface area contributed by atoms with E-state index in [-0.39, 0.29) is 18.6 Å². The molecule has 1 fully saturated rings. The van der Waals surface area contributed by atoms with Crippen molar-refractivity contribution in [1.29, 1.82) is 0 Å². The molecule has 0 spiro atoms. The van der Waals surface area contributed by atoms with Gasteiger partial charge in [0.2, 0.25) is 0 Å². The molecule has 25 heavy (non-hydrogen) atoms. The van der Waals surface area contributed by atoms with E-state index >= 15 is 0 Å². The first kappa shape index (κ1) is 19.9. The third kappa shape index (κ3) is 5.51. The number of carbonyl (C=O) groups is 1. The number of aliphatic hydroxyl groups excluding tert-OH is 1. The van der Waals surface area contributed by atoms with Gasteiger partial charge in [-0.3, -0.25) is 4.79 Å². The highest BCUT2D eigenvalue weighted by Crippen LogP contribution is 2.21. The molecule has 2 rings (SSSR count). The second-order valence-electron chi connectivity index (χ2n) is 7.29. The van der Waals surface area contributed by atoms with Crippen molar-refractivity contribution in [2.24, 2.45) is 5.92 Å². The summed E-state index contributed by atoms with van der Waals surface area (Å²) in [5.41, 5.74) is 2.51. The molecule has 2 unspecified atom stereocenters. The maximum atomic E-state index is 11.3. The van der Waals surface area contributed by atoms with Crippen LogP contribution in [0.3, 0.4) is 0 Å². The molecule has 1 heterocycles. The molecule has 0 amide bonds. The molecule has 5 nitrogen and oxygen atoms in total. The average Bonchev–Trinajstić information content (AvgIpc) is 2.64. The molecule has 5 heteroatoms. The first-order valence-electron chi connectivity index (χ1n) is 9.63. The molecule has 0 saturated heterocycles. The summed E-state index contributed by atoms with van der Waals surface area (Å²) in [7, 11) is 0. The molecule has 2 atom stereocenters. The van der Waals surface area contributed by atoms with Gasteiger partial charge < -0.3 is 15.7 Å². The molecule has 0 aromatic carbocycles. The number of nitrogens with one attached hydrogen (secondary N) is 2. The lowest BCUT2D eigenvalue weighted by molar-refractivity contribution is 0.112. The van der Waals surface area contributed by atoms with Crippen LogP contribution in [-0.2, 0) is 0 Å². The predicted molar refractivity (Wildman–Crippen MR) is 102 cm³/mol. The van der Waals surface area contributed by atoms with Crippen LogP contribution in [0.25, 0.3) is 0 Å². The summed E-state index contributed by atoms with van der Waals surface area (Å²) in [4.78, 5) is 15.8. The Hall–Kier alpha value is -1.46. The molecular weight excluding hydrogens is 314 g/mol. The van der Waals surface area contributed by atoms with E-state index in [4.69, 9.17) is 0 Å². The van der Waals surface area contributed by atoms with Crippen LogP contribution in [0.4, 0.5) is 5.82 Å². The smallest absolute Gasteiger partial charge is 0.153 e. The van der Waals surface area contributed by atoms with Crippen molar-refractivity contribution in [3.05, 3.63) is 22.9 Å². The summed E-state index contributed by atoms with van der Waals surface area (Å²) in [6.07, 6.45) is 8.22. The van der Waals surface area contributed by atoms with E-state index in [1.165, 1.54) is 32.1 Å². The van der Waals surface area contributed by atoms with Gasteiger partial charge in [0.05, 0.1) is 5.56 Å². The Morgan fingerprint density at radius 1 is 1.32 bits per heavy atom. The van der Waals surface area contributed by atoms with Crippen molar-refractivity contribution in [1.82, 2.24) is 10.3 Å². The molecule has 1 aliphatic rings. The van der Waals surface area contributed by atoms with Gasteiger partial charge >= 0.3 is 0 Å². The zero-order chi connectivity index (χ0) is 18.2. The summed E-state index contributed by atoms with van der Waals surface area (Å²) in [6.45, 7) is 6.78. The van der Waals surface area contributed by atoms with Crippen molar-refractivity contribution in [2.75, 3.05) is 18.5 Å². The van der Waals surface area contributed by atoms with E-state index in [9.17, 15) is 9.90 Å². The lowest BCUT2D eigenvalue weighted by Crippen LogP contribution is -2.46. The number of aliphatic hydroxyl groups is 1. The van der Waals surface area contributed by atoms with Gasteiger partial charge in [0.1, 0.15) is 5.82 Å². The monoisotopic (exact) mass is 347 g/mol. The van der Waals surface area contributed by atoms with Crippen LogP contribution >= 0.6 is 0 Å². The Bertz CT molecular complexity index is 556. The fourth-order valence-corrected chi connectivity index (χ4v) is 3.68. The number of anilines is 1. The first-order chi connectivity index (χ1) is 12.1. The highest BCUT2D eigenvalue weighted by molar-refractivity contribution is 5.82. The number of aromatic nitrogens is 1. The minimum Gasteiger partial charge on any atom is -0.396 e. The standard InChI is InChI=1S/C20H33N3O2/c1-4-19(23-18-8-6-5-7-9-18)17(13-25)11-21-20-16(12-24)10-14(2)15(3)22-20/h10,12,17-19,23,25H,4-9,11,13H2,1-3H3,(H,21,22). The molecule has 1 aromatic rings. The van der Waals surface area contributed by atoms with Gasteiger partial charge in [0, 0.05) is 36.8 Å². The van der Waals surface area contributed by atoms with Gasteiger partial charge in [0.25, 0.3) is 0 Å². The van der Waals surface area contributed by atoms with Crippen LogP contribution in [0.5, 0.6) is 0 Å². The molecule has 1 aliphatic carbocycles. The SMILES string of the molecule is CCC(NC1CCCCC1)C(CO)CNc1nc(C)c(C)cc1C=O. The minimum atomic E-state index is 0.0924. The molecule has 0 radical (unpaired) electrons. The second kappa shape index (κ2) is 9.88. The average molecular weight is 348 g/mol. The molecule has 140 valence electrons. The molecule has 0 aliphatic heterocycles. The highest BCUT2D eigenvalue weighted by Gasteiger charge is 2.24. The van der Waals surface area contributed by atoms with Crippen LogP contribution in [0.2, 0.25) is 0 Å². The number of rotatable bonds is 9. The van der Waals surface area contributed by atoms with E-state index in [2.05, 4.69) is 22.5 Å². The van der Waals surface area contributed by atoms with E-state index in [1.54, 1.807) is 0 Å². The van der Waals surface area contributed by atoms with Crippen LogP contribution < -0.4 is 10.6 Å². The third-order valence-electron chi connectivity index (χ3n) is 5.45. The van der Waals surface area contributed by atoms with Gasteiger partial charge in [-0.2, -0.15) is 0 Å².